The van der Waals surface area contributed by atoms with Crippen LogP contribution < -0.4 is 5.56 Å². The van der Waals surface area contributed by atoms with Crippen LogP contribution in [0.1, 0.15) is 42.3 Å². The average Bonchev–Trinajstić information content (AvgIpc) is 3.09. The molecule has 4 rings (SSSR count). The summed E-state index contributed by atoms with van der Waals surface area (Å²) in [5, 5.41) is 2.79. The first-order valence-electron chi connectivity index (χ1n) is 7.76. The van der Waals surface area contributed by atoms with Gasteiger partial charge in [0, 0.05) is 17.4 Å². The van der Waals surface area contributed by atoms with E-state index in [1.807, 2.05) is 24.4 Å². The highest BCUT2D eigenvalue weighted by Gasteiger charge is 2.21. The Hall–Kier alpha value is -2.21. The molecule has 118 valence electrons. The largest absolute Gasteiger partial charge is 0.459 e. The van der Waals surface area contributed by atoms with Crippen molar-refractivity contribution in [2.75, 3.05) is 0 Å². The van der Waals surface area contributed by atoms with Crippen LogP contribution in [0, 0.1) is 6.92 Å². The second-order valence-corrected chi connectivity index (χ2v) is 6.82. The van der Waals surface area contributed by atoms with Gasteiger partial charge in [-0.1, -0.05) is 6.42 Å². The molecule has 3 aromatic rings. The Balaban J connectivity index is 1.54. The van der Waals surface area contributed by atoms with Crippen molar-refractivity contribution in [1.82, 2.24) is 14.5 Å². The number of nitrogens with zero attached hydrogens (tertiary/aromatic N) is 3. The molecule has 0 radical (unpaired) electrons. The van der Waals surface area contributed by atoms with Crippen LogP contribution in [0.3, 0.4) is 0 Å². The van der Waals surface area contributed by atoms with Gasteiger partial charge in [0.05, 0.1) is 24.3 Å². The summed E-state index contributed by atoms with van der Waals surface area (Å²) in [6.45, 7) is 2.35. The quantitative estimate of drug-likeness (QED) is 0.735. The van der Waals surface area contributed by atoms with Gasteiger partial charge in [-0.2, -0.15) is 0 Å². The van der Waals surface area contributed by atoms with Crippen LogP contribution in [-0.4, -0.2) is 14.5 Å². The van der Waals surface area contributed by atoms with E-state index in [2.05, 4.69) is 9.97 Å². The van der Waals surface area contributed by atoms with Crippen LogP contribution in [-0.2, 0) is 6.54 Å². The SMILES string of the molecule is Cc1ccc(-c2nc(Cn3cnc(C4CCC4)cc3=O)cs2)o1. The summed E-state index contributed by atoms with van der Waals surface area (Å²) in [7, 11) is 0. The molecule has 1 saturated carbocycles. The zero-order valence-corrected chi connectivity index (χ0v) is 13.7. The summed E-state index contributed by atoms with van der Waals surface area (Å²) in [4.78, 5) is 21.2. The highest BCUT2D eigenvalue weighted by Crippen LogP contribution is 2.34. The molecule has 3 aromatic heterocycles. The van der Waals surface area contributed by atoms with Gasteiger partial charge >= 0.3 is 0 Å². The minimum Gasteiger partial charge on any atom is -0.459 e. The Morgan fingerprint density at radius 3 is 2.91 bits per heavy atom. The predicted octanol–water partition coefficient (Wildman–Crippen LogP) is 3.58. The monoisotopic (exact) mass is 327 g/mol. The summed E-state index contributed by atoms with van der Waals surface area (Å²) in [6, 6.07) is 5.51. The fourth-order valence-corrected chi connectivity index (χ4v) is 3.47. The van der Waals surface area contributed by atoms with Crippen molar-refractivity contribution in [1.29, 1.82) is 0 Å². The lowest BCUT2D eigenvalue weighted by Crippen LogP contribution is -2.23. The van der Waals surface area contributed by atoms with Gasteiger partial charge in [0.15, 0.2) is 10.8 Å². The Labute approximate surface area is 137 Å². The van der Waals surface area contributed by atoms with E-state index in [1.54, 1.807) is 17.0 Å². The van der Waals surface area contributed by atoms with Crippen molar-refractivity contribution >= 4 is 11.3 Å². The number of rotatable bonds is 4. The van der Waals surface area contributed by atoms with Crippen molar-refractivity contribution in [3.8, 4) is 10.8 Å². The Kier molecular flexibility index (Phi) is 3.61. The van der Waals surface area contributed by atoms with E-state index in [0.717, 1.165) is 40.8 Å². The van der Waals surface area contributed by atoms with Crippen LogP contribution >= 0.6 is 11.3 Å². The molecule has 0 N–H and O–H groups in total. The van der Waals surface area contributed by atoms with Gasteiger partial charge in [-0.05, 0) is 31.9 Å². The fraction of sp³-hybridized carbons (Fsp3) is 0.353. The third kappa shape index (κ3) is 2.86. The smallest absolute Gasteiger partial charge is 0.253 e. The normalized spacial score (nSPS) is 14.8. The van der Waals surface area contributed by atoms with Crippen LogP contribution in [0.4, 0.5) is 0 Å². The van der Waals surface area contributed by atoms with Crippen LogP contribution in [0.5, 0.6) is 0 Å². The van der Waals surface area contributed by atoms with Gasteiger partial charge in [0.2, 0.25) is 0 Å². The molecular formula is C17H17N3O2S. The average molecular weight is 327 g/mol. The molecule has 0 aliphatic heterocycles. The second-order valence-electron chi connectivity index (χ2n) is 5.96. The maximum absolute atomic E-state index is 12.2. The van der Waals surface area contributed by atoms with Crippen molar-refractivity contribution in [3.63, 3.8) is 0 Å². The van der Waals surface area contributed by atoms with Crippen LogP contribution in [0.25, 0.3) is 10.8 Å². The number of furan rings is 1. The van der Waals surface area contributed by atoms with Gasteiger partial charge in [-0.3, -0.25) is 9.36 Å². The Morgan fingerprint density at radius 1 is 1.39 bits per heavy atom. The molecule has 6 heteroatoms. The molecule has 1 aliphatic carbocycles. The molecule has 0 saturated heterocycles. The molecule has 0 amide bonds. The van der Waals surface area contributed by atoms with E-state index < -0.39 is 0 Å². The number of aromatic nitrogens is 3. The molecule has 23 heavy (non-hydrogen) atoms. The summed E-state index contributed by atoms with van der Waals surface area (Å²) in [6.07, 6.45) is 5.18. The first-order valence-corrected chi connectivity index (χ1v) is 8.64. The molecule has 5 nitrogen and oxygen atoms in total. The lowest BCUT2D eigenvalue weighted by Gasteiger charge is -2.24. The number of hydrogen-bond acceptors (Lipinski definition) is 5. The minimum absolute atomic E-state index is 0.00899. The number of thiazole rings is 1. The highest BCUT2D eigenvalue weighted by atomic mass is 32.1. The van der Waals surface area contributed by atoms with Crippen molar-refractivity contribution < 1.29 is 4.42 Å². The zero-order valence-electron chi connectivity index (χ0n) is 12.9. The third-order valence-corrected chi connectivity index (χ3v) is 5.16. The molecular weight excluding hydrogens is 310 g/mol. The maximum Gasteiger partial charge on any atom is 0.253 e. The first kappa shape index (κ1) is 14.4. The molecule has 0 bridgehead atoms. The van der Waals surface area contributed by atoms with Crippen molar-refractivity contribution in [2.24, 2.45) is 0 Å². The van der Waals surface area contributed by atoms with Gasteiger partial charge in [-0.25, -0.2) is 9.97 Å². The Morgan fingerprint density at radius 2 is 2.26 bits per heavy atom. The van der Waals surface area contributed by atoms with Gasteiger partial charge < -0.3 is 4.42 Å². The zero-order chi connectivity index (χ0) is 15.8. The van der Waals surface area contributed by atoms with E-state index in [-0.39, 0.29) is 5.56 Å². The van der Waals surface area contributed by atoms with E-state index >= 15 is 0 Å². The van der Waals surface area contributed by atoms with Crippen molar-refractivity contribution in [3.05, 3.63) is 57.4 Å². The van der Waals surface area contributed by atoms with Crippen LogP contribution in [0.15, 0.2) is 39.1 Å². The summed E-state index contributed by atoms with van der Waals surface area (Å²) >= 11 is 1.52. The topological polar surface area (TPSA) is 60.9 Å². The molecule has 0 atom stereocenters. The van der Waals surface area contributed by atoms with Gasteiger partial charge in [0.25, 0.3) is 5.56 Å². The van der Waals surface area contributed by atoms with E-state index in [4.69, 9.17) is 4.42 Å². The lowest BCUT2D eigenvalue weighted by atomic mass is 9.83. The molecule has 3 heterocycles. The van der Waals surface area contributed by atoms with Crippen molar-refractivity contribution in [2.45, 2.75) is 38.6 Å². The first-order chi connectivity index (χ1) is 11.2. The molecule has 1 aliphatic rings. The standard InChI is InChI=1S/C17H17N3O2S/c1-11-5-6-15(22-11)17-19-13(9-23-17)8-20-10-18-14(7-16(20)21)12-3-2-4-12/h5-7,9-10,12H,2-4,8H2,1H3. The molecule has 0 aromatic carbocycles. The second kappa shape index (κ2) is 5.77. The van der Waals surface area contributed by atoms with E-state index in [1.165, 1.54) is 17.8 Å². The van der Waals surface area contributed by atoms with Gasteiger partial charge in [-0.15, -0.1) is 11.3 Å². The summed E-state index contributed by atoms with van der Waals surface area (Å²) in [5.74, 6) is 2.11. The molecule has 0 unspecified atom stereocenters. The molecule has 1 fully saturated rings. The van der Waals surface area contributed by atoms with Gasteiger partial charge in [0.1, 0.15) is 5.76 Å². The molecule has 0 spiro atoms. The predicted molar refractivity (Wildman–Crippen MR) is 88.7 cm³/mol. The summed E-state index contributed by atoms with van der Waals surface area (Å²) < 4.78 is 7.19. The van der Waals surface area contributed by atoms with E-state index in [9.17, 15) is 4.79 Å². The third-order valence-electron chi connectivity index (χ3n) is 4.26. The Bertz CT molecular complexity index is 889. The van der Waals surface area contributed by atoms with Crippen LogP contribution in [0.2, 0.25) is 0 Å². The highest BCUT2D eigenvalue weighted by molar-refractivity contribution is 7.13. The fourth-order valence-electron chi connectivity index (χ4n) is 2.70. The number of hydrogen-bond donors (Lipinski definition) is 0. The minimum atomic E-state index is -0.00899. The van der Waals surface area contributed by atoms with E-state index in [0.29, 0.717) is 12.5 Å². The summed E-state index contributed by atoms with van der Waals surface area (Å²) in [5.41, 5.74) is 1.77. The lowest BCUT2D eigenvalue weighted by molar-refractivity contribution is 0.409. The number of aryl methyl sites for hydroxylation is 1. The maximum atomic E-state index is 12.2.